The topological polar surface area (TPSA) is 75.4 Å². The zero-order chi connectivity index (χ0) is 16.3. The van der Waals surface area contributed by atoms with Gasteiger partial charge in [0.15, 0.2) is 0 Å². The number of nitrogens with one attached hydrogen (secondary N) is 1. The molecular formula is C17H32ClN3O2. The van der Waals surface area contributed by atoms with Crippen molar-refractivity contribution < 1.29 is 9.59 Å². The molecule has 0 spiro atoms. The van der Waals surface area contributed by atoms with Crippen LogP contribution >= 0.6 is 12.4 Å². The van der Waals surface area contributed by atoms with Crippen molar-refractivity contribution in [1.29, 1.82) is 0 Å². The molecule has 1 heterocycles. The van der Waals surface area contributed by atoms with Gasteiger partial charge in [-0.15, -0.1) is 12.4 Å². The molecule has 3 atom stereocenters. The largest absolute Gasteiger partial charge is 0.351 e. The molecule has 3 unspecified atom stereocenters. The summed E-state index contributed by atoms with van der Waals surface area (Å²) in [7, 11) is 0. The summed E-state index contributed by atoms with van der Waals surface area (Å²) in [6.07, 6.45) is 5.92. The minimum Gasteiger partial charge on any atom is -0.351 e. The van der Waals surface area contributed by atoms with Crippen LogP contribution in [0.3, 0.4) is 0 Å². The van der Waals surface area contributed by atoms with Crippen LogP contribution < -0.4 is 11.1 Å². The van der Waals surface area contributed by atoms with Gasteiger partial charge in [-0.05, 0) is 32.6 Å². The summed E-state index contributed by atoms with van der Waals surface area (Å²) in [5, 5.41) is 3.06. The highest BCUT2D eigenvalue weighted by Crippen LogP contribution is 2.33. The van der Waals surface area contributed by atoms with Crippen molar-refractivity contribution in [3.05, 3.63) is 0 Å². The van der Waals surface area contributed by atoms with E-state index in [4.69, 9.17) is 5.73 Å². The lowest BCUT2D eigenvalue weighted by atomic mass is 9.74. The molecule has 0 aromatic rings. The SMILES string of the molecule is CC(C)C(=O)NC1CCCN(C(=O)C2CCCCC2(C)N)C1.Cl. The van der Waals surface area contributed by atoms with Crippen molar-refractivity contribution in [3.63, 3.8) is 0 Å². The van der Waals surface area contributed by atoms with Crippen LogP contribution in [0.2, 0.25) is 0 Å². The van der Waals surface area contributed by atoms with E-state index in [1.807, 2.05) is 25.7 Å². The second-order valence-corrected chi connectivity index (χ2v) is 7.59. The molecule has 6 heteroatoms. The third-order valence-electron chi connectivity index (χ3n) is 5.16. The fraction of sp³-hybridized carbons (Fsp3) is 0.882. The Morgan fingerprint density at radius 3 is 2.52 bits per heavy atom. The van der Waals surface area contributed by atoms with Crippen LogP contribution in [0.1, 0.15) is 59.3 Å². The van der Waals surface area contributed by atoms with Crippen molar-refractivity contribution in [3.8, 4) is 0 Å². The molecule has 134 valence electrons. The monoisotopic (exact) mass is 345 g/mol. The maximum absolute atomic E-state index is 12.9. The number of halogens is 1. The lowest BCUT2D eigenvalue weighted by Crippen LogP contribution is -2.57. The molecule has 3 N–H and O–H groups in total. The lowest BCUT2D eigenvalue weighted by Gasteiger charge is -2.42. The highest BCUT2D eigenvalue weighted by molar-refractivity contribution is 5.85. The smallest absolute Gasteiger partial charge is 0.227 e. The summed E-state index contributed by atoms with van der Waals surface area (Å²) in [6.45, 7) is 7.21. The summed E-state index contributed by atoms with van der Waals surface area (Å²) < 4.78 is 0. The number of hydrogen-bond acceptors (Lipinski definition) is 3. The molecule has 0 aromatic heterocycles. The zero-order valence-corrected chi connectivity index (χ0v) is 15.5. The minimum atomic E-state index is -0.385. The predicted octanol–water partition coefficient (Wildman–Crippen LogP) is 2.08. The van der Waals surface area contributed by atoms with E-state index in [2.05, 4.69) is 5.32 Å². The summed E-state index contributed by atoms with van der Waals surface area (Å²) in [4.78, 5) is 26.7. The van der Waals surface area contributed by atoms with Crippen molar-refractivity contribution in [1.82, 2.24) is 10.2 Å². The number of hydrogen-bond donors (Lipinski definition) is 2. The average molecular weight is 346 g/mol. The van der Waals surface area contributed by atoms with Crippen LogP contribution in [0, 0.1) is 11.8 Å². The van der Waals surface area contributed by atoms with Gasteiger partial charge in [0.25, 0.3) is 0 Å². The van der Waals surface area contributed by atoms with Crippen LogP contribution in [-0.2, 0) is 9.59 Å². The maximum Gasteiger partial charge on any atom is 0.227 e. The van der Waals surface area contributed by atoms with E-state index >= 15 is 0 Å². The molecule has 0 aromatic carbocycles. The number of likely N-dealkylation sites (tertiary alicyclic amines) is 1. The average Bonchev–Trinajstić information content (AvgIpc) is 2.46. The van der Waals surface area contributed by atoms with E-state index in [0.717, 1.165) is 45.1 Å². The van der Waals surface area contributed by atoms with Gasteiger partial charge >= 0.3 is 0 Å². The van der Waals surface area contributed by atoms with E-state index in [9.17, 15) is 9.59 Å². The fourth-order valence-corrected chi connectivity index (χ4v) is 3.65. The Balaban J connectivity index is 0.00000264. The first-order valence-electron chi connectivity index (χ1n) is 8.69. The van der Waals surface area contributed by atoms with Gasteiger partial charge in [0.05, 0.1) is 5.92 Å². The number of nitrogens with two attached hydrogens (primary N) is 1. The molecule has 0 bridgehead atoms. The molecule has 5 nitrogen and oxygen atoms in total. The standard InChI is InChI=1S/C17H31N3O2.ClH/c1-12(2)15(21)19-13-7-6-10-20(11-13)16(22)14-8-4-5-9-17(14,3)18;/h12-14H,4-11,18H2,1-3H3,(H,19,21);1H. The summed E-state index contributed by atoms with van der Waals surface area (Å²) in [5.41, 5.74) is 5.98. The van der Waals surface area contributed by atoms with Gasteiger partial charge in [0.1, 0.15) is 0 Å². The first kappa shape index (κ1) is 20.2. The first-order chi connectivity index (χ1) is 10.3. The molecule has 0 radical (unpaired) electrons. The Labute approximate surface area is 146 Å². The predicted molar refractivity (Wildman–Crippen MR) is 94.4 cm³/mol. The first-order valence-corrected chi connectivity index (χ1v) is 8.69. The van der Waals surface area contributed by atoms with Crippen LogP contribution in [0.25, 0.3) is 0 Å². The van der Waals surface area contributed by atoms with E-state index in [1.165, 1.54) is 0 Å². The van der Waals surface area contributed by atoms with Gasteiger partial charge in [-0.3, -0.25) is 9.59 Å². The van der Waals surface area contributed by atoms with Crippen molar-refractivity contribution >= 4 is 24.2 Å². The molecule has 2 aliphatic rings. The number of carbonyl (C=O) groups is 2. The van der Waals surface area contributed by atoms with Crippen molar-refractivity contribution in [2.45, 2.75) is 70.9 Å². The second kappa shape index (κ2) is 8.34. The molecule has 2 rings (SSSR count). The molecular weight excluding hydrogens is 314 g/mol. The van der Waals surface area contributed by atoms with Gasteiger partial charge in [-0.1, -0.05) is 26.7 Å². The number of nitrogens with zero attached hydrogens (tertiary/aromatic N) is 1. The highest BCUT2D eigenvalue weighted by atomic mass is 35.5. The Morgan fingerprint density at radius 1 is 1.22 bits per heavy atom. The van der Waals surface area contributed by atoms with Crippen molar-refractivity contribution in [2.24, 2.45) is 17.6 Å². The quantitative estimate of drug-likeness (QED) is 0.822. The van der Waals surface area contributed by atoms with E-state index < -0.39 is 0 Å². The van der Waals surface area contributed by atoms with Gasteiger partial charge in [-0.25, -0.2) is 0 Å². The molecule has 1 saturated heterocycles. The van der Waals surface area contributed by atoms with Crippen LogP contribution in [0.15, 0.2) is 0 Å². The molecule has 2 fully saturated rings. The number of piperidine rings is 1. The molecule has 1 aliphatic heterocycles. The highest BCUT2D eigenvalue weighted by Gasteiger charge is 2.40. The normalized spacial score (nSPS) is 31.4. The number of rotatable bonds is 3. The summed E-state index contributed by atoms with van der Waals surface area (Å²) >= 11 is 0. The van der Waals surface area contributed by atoms with Gasteiger partial charge in [-0.2, -0.15) is 0 Å². The Kier molecular flexibility index (Phi) is 7.33. The van der Waals surface area contributed by atoms with Crippen LogP contribution in [-0.4, -0.2) is 41.4 Å². The van der Waals surface area contributed by atoms with E-state index in [1.54, 1.807) is 0 Å². The summed E-state index contributed by atoms with van der Waals surface area (Å²) in [6, 6.07) is 0.0835. The third kappa shape index (κ3) is 5.08. The molecule has 1 aliphatic carbocycles. The van der Waals surface area contributed by atoms with E-state index in [0.29, 0.717) is 6.54 Å². The Morgan fingerprint density at radius 2 is 1.91 bits per heavy atom. The second-order valence-electron chi connectivity index (χ2n) is 7.59. The number of amides is 2. The zero-order valence-electron chi connectivity index (χ0n) is 14.6. The lowest BCUT2D eigenvalue weighted by molar-refractivity contribution is -0.141. The van der Waals surface area contributed by atoms with Gasteiger partial charge < -0.3 is 16.0 Å². The summed E-state index contributed by atoms with van der Waals surface area (Å²) in [5.74, 6) is 0.173. The number of carbonyl (C=O) groups excluding carboxylic acids is 2. The maximum atomic E-state index is 12.9. The Hall–Kier alpha value is -0.810. The minimum absolute atomic E-state index is 0. The van der Waals surface area contributed by atoms with Crippen LogP contribution in [0.4, 0.5) is 0 Å². The molecule has 2 amide bonds. The van der Waals surface area contributed by atoms with Crippen LogP contribution in [0.5, 0.6) is 0 Å². The van der Waals surface area contributed by atoms with Gasteiger partial charge in [0.2, 0.25) is 11.8 Å². The van der Waals surface area contributed by atoms with Crippen molar-refractivity contribution in [2.75, 3.05) is 13.1 Å². The Bertz CT molecular complexity index is 426. The van der Waals surface area contributed by atoms with Gasteiger partial charge in [0, 0.05) is 30.6 Å². The molecule has 23 heavy (non-hydrogen) atoms. The molecule has 1 saturated carbocycles. The fourth-order valence-electron chi connectivity index (χ4n) is 3.65. The third-order valence-corrected chi connectivity index (χ3v) is 5.16. The van der Waals surface area contributed by atoms with E-state index in [-0.39, 0.29) is 47.6 Å².